The summed E-state index contributed by atoms with van der Waals surface area (Å²) < 4.78 is 6.92. The van der Waals surface area contributed by atoms with Crippen LogP contribution in [0.1, 0.15) is 19.7 Å². The molecule has 23 heavy (non-hydrogen) atoms. The summed E-state index contributed by atoms with van der Waals surface area (Å²) in [7, 11) is 1.68. The number of fused-ring (bicyclic) bond motifs is 1. The highest BCUT2D eigenvalue weighted by Gasteiger charge is 2.13. The van der Waals surface area contributed by atoms with Crippen molar-refractivity contribution in [3.05, 3.63) is 12.2 Å². The molecule has 2 N–H and O–H groups in total. The number of methoxy groups -OCH3 is 1. The van der Waals surface area contributed by atoms with Crippen LogP contribution in [-0.4, -0.2) is 52.9 Å². The molecule has 0 radical (unpaired) electrons. The fourth-order valence-electron chi connectivity index (χ4n) is 2.08. The van der Waals surface area contributed by atoms with E-state index in [0.717, 1.165) is 19.6 Å². The van der Waals surface area contributed by atoms with Crippen LogP contribution in [0.25, 0.3) is 11.2 Å². The van der Waals surface area contributed by atoms with Crippen LogP contribution in [0.15, 0.2) is 6.33 Å². The molecule has 0 amide bonds. The van der Waals surface area contributed by atoms with Crippen LogP contribution in [0.5, 0.6) is 0 Å². The number of aromatic nitrogens is 4. The van der Waals surface area contributed by atoms with Gasteiger partial charge in [0, 0.05) is 33.3 Å². The van der Waals surface area contributed by atoms with Crippen LogP contribution in [0.3, 0.4) is 0 Å². The van der Waals surface area contributed by atoms with Crippen molar-refractivity contribution < 1.29 is 4.74 Å². The molecular formula is C15H23N7O. The Hall–Kier alpha value is -2.24. The van der Waals surface area contributed by atoms with Crippen molar-refractivity contribution in [3.63, 3.8) is 0 Å². The van der Waals surface area contributed by atoms with Crippen LogP contribution in [0.2, 0.25) is 0 Å². The zero-order valence-electron chi connectivity index (χ0n) is 13.8. The Morgan fingerprint density at radius 3 is 2.87 bits per heavy atom. The Morgan fingerprint density at radius 2 is 2.17 bits per heavy atom. The van der Waals surface area contributed by atoms with Crippen molar-refractivity contribution in [1.82, 2.24) is 24.8 Å². The lowest BCUT2D eigenvalue weighted by atomic mass is 10.2. The Balaban J connectivity index is 2.17. The van der Waals surface area contributed by atoms with Crippen molar-refractivity contribution in [2.45, 2.75) is 20.4 Å². The van der Waals surface area contributed by atoms with Gasteiger partial charge in [-0.2, -0.15) is 15.2 Å². The topological polar surface area (TPSA) is 101 Å². The van der Waals surface area contributed by atoms with Gasteiger partial charge in [0.15, 0.2) is 17.0 Å². The van der Waals surface area contributed by atoms with Crippen molar-refractivity contribution >= 4 is 17.0 Å². The Bertz CT molecular complexity index is 674. The summed E-state index contributed by atoms with van der Waals surface area (Å²) in [4.78, 5) is 12.9. The van der Waals surface area contributed by atoms with Crippen molar-refractivity contribution in [2.24, 2.45) is 5.92 Å². The molecule has 0 bridgehead atoms. The third kappa shape index (κ3) is 4.61. The molecule has 0 aliphatic carbocycles. The summed E-state index contributed by atoms with van der Waals surface area (Å²) in [6, 6.07) is 2.01. The van der Waals surface area contributed by atoms with Crippen molar-refractivity contribution in [1.29, 1.82) is 5.26 Å². The van der Waals surface area contributed by atoms with Gasteiger partial charge in [-0.1, -0.05) is 13.8 Å². The number of ether oxygens (including phenoxy) is 1. The zero-order chi connectivity index (χ0) is 16.7. The third-order valence-electron chi connectivity index (χ3n) is 3.25. The van der Waals surface area contributed by atoms with E-state index in [2.05, 4.69) is 39.4 Å². The highest BCUT2D eigenvalue weighted by Crippen LogP contribution is 2.19. The number of nitrogens with zero attached hydrogens (tertiary/aromatic N) is 5. The maximum Gasteiger partial charge on any atom is 0.236 e. The van der Waals surface area contributed by atoms with E-state index in [9.17, 15) is 0 Å². The lowest BCUT2D eigenvalue weighted by molar-refractivity contribution is 0.199. The standard InChI is InChI=1S/C15H23N7O/c1-11(2)9-18-14-13-15(21-12(8-16)20-14)22(10-19-13)6-4-17-5-7-23-3/h10-11,17H,4-7,9H2,1-3H3,(H,18,20,21). The van der Waals surface area contributed by atoms with Crippen LogP contribution in [0, 0.1) is 17.2 Å². The molecule has 0 atom stereocenters. The SMILES string of the molecule is COCCNCCn1cnc2c(NCC(C)C)nc(C#N)nc21. The van der Waals surface area contributed by atoms with Gasteiger partial charge in [0.25, 0.3) is 0 Å². The number of hydrogen-bond acceptors (Lipinski definition) is 7. The first-order valence-corrected chi connectivity index (χ1v) is 7.72. The Kier molecular flexibility index (Phi) is 6.26. The molecule has 0 spiro atoms. The van der Waals surface area contributed by atoms with Crippen LogP contribution in [-0.2, 0) is 11.3 Å². The smallest absolute Gasteiger partial charge is 0.236 e. The van der Waals surface area contributed by atoms with Gasteiger partial charge in [0.05, 0.1) is 12.9 Å². The molecule has 2 aromatic heterocycles. The van der Waals surface area contributed by atoms with Gasteiger partial charge in [-0.05, 0) is 5.92 Å². The van der Waals surface area contributed by atoms with E-state index < -0.39 is 0 Å². The van der Waals surface area contributed by atoms with Crippen molar-refractivity contribution in [2.75, 3.05) is 38.7 Å². The van der Waals surface area contributed by atoms with Gasteiger partial charge >= 0.3 is 0 Å². The molecule has 2 rings (SSSR count). The first-order chi connectivity index (χ1) is 11.2. The van der Waals surface area contributed by atoms with Crippen LogP contribution >= 0.6 is 0 Å². The molecule has 0 aliphatic heterocycles. The second-order valence-electron chi connectivity index (χ2n) is 5.64. The molecule has 8 heteroatoms. The number of imidazole rings is 1. The summed E-state index contributed by atoms with van der Waals surface area (Å²) in [6.07, 6.45) is 1.74. The lowest BCUT2D eigenvalue weighted by Gasteiger charge is -2.09. The quantitative estimate of drug-likeness (QED) is 0.665. The number of nitriles is 1. The monoisotopic (exact) mass is 317 g/mol. The average Bonchev–Trinajstić information content (AvgIpc) is 2.95. The minimum atomic E-state index is 0.151. The molecule has 0 saturated carbocycles. The number of nitrogens with one attached hydrogen (secondary N) is 2. The summed E-state index contributed by atoms with van der Waals surface area (Å²) in [6.45, 7) is 7.95. The summed E-state index contributed by atoms with van der Waals surface area (Å²) in [5, 5.41) is 15.7. The minimum Gasteiger partial charge on any atom is -0.383 e. The normalized spacial score (nSPS) is 11.1. The predicted octanol–water partition coefficient (Wildman–Crippen LogP) is 1.00. The van der Waals surface area contributed by atoms with Gasteiger partial charge < -0.3 is 19.9 Å². The highest BCUT2D eigenvalue weighted by molar-refractivity contribution is 5.83. The maximum atomic E-state index is 9.14. The van der Waals surface area contributed by atoms with Crippen LogP contribution < -0.4 is 10.6 Å². The molecule has 0 saturated heterocycles. The predicted molar refractivity (Wildman–Crippen MR) is 88.1 cm³/mol. The summed E-state index contributed by atoms with van der Waals surface area (Å²) >= 11 is 0. The van der Waals surface area contributed by atoms with E-state index in [1.807, 2.05) is 10.6 Å². The van der Waals surface area contributed by atoms with Crippen molar-refractivity contribution in [3.8, 4) is 6.07 Å². The fraction of sp³-hybridized carbons (Fsp3) is 0.600. The third-order valence-corrected chi connectivity index (χ3v) is 3.25. The van der Waals surface area contributed by atoms with E-state index in [4.69, 9.17) is 10.00 Å². The number of rotatable bonds is 9. The minimum absolute atomic E-state index is 0.151. The fourth-order valence-corrected chi connectivity index (χ4v) is 2.08. The molecular weight excluding hydrogens is 294 g/mol. The molecule has 0 aliphatic rings. The summed E-state index contributed by atoms with van der Waals surface area (Å²) in [5.74, 6) is 1.24. The Labute approximate surface area is 135 Å². The second kappa shape index (κ2) is 8.41. The number of hydrogen-bond donors (Lipinski definition) is 2. The van der Waals surface area contributed by atoms with Crippen LogP contribution in [0.4, 0.5) is 5.82 Å². The summed E-state index contributed by atoms with van der Waals surface area (Å²) in [5.41, 5.74) is 1.37. The van der Waals surface area contributed by atoms with Gasteiger partial charge in [-0.15, -0.1) is 0 Å². The van der Waals surface area contributed by atoms with Gasteiger partial charge in [0.1, 0.15) is 6.07 Å². The molecule has 0 aromatic carbocycles. The first kappa shape index (κ1) is 17.1. The Morgan fingerprint density at radius 1 is 1.35 bits per heavy atom. The zero-order valence-corrected chi connectivity index (χ0v) is 13.8. The van der Waals surface area contributed by atoms with E-state index in [-0.39, 0.29) is 5.82 Å². The number of anilines is 1. The highest BCUT2D eigenvalue weighted by atomic mass is 16.5. The molecule has 2 aromatic rings. The van der Waals surface area contributed by atoms with E-state index >= 15 is 0 Å². The molecule has 2 heterocycles. The molecule has 0 fully saturated rings. The van der Waals surface area contributed by atoms with Gasteiger partial charge in [-0.3, -0.25) is 0 Å². The van der Waals surface area contributed by atoms with Gasteiger partial charge in [0.2, 0.25) is 5.82 Å². The largest absolute Gasteiger partial charge is 0.383 e. The van der Waals surface area contributed by atoms with E-state index in [1.54, 1.807) is 13.4 Å². The average molecular weight is 317 g/mol. The lowest BCUT2D eigenvalue weighted by Crippen LogP contribution is -2.23. The maximum absolute atomic E-state index is 9.14. The van der Waals surface area contributed by atoms with E-state index in [0.29, 0.717) is 36.1 Å². The van der Waals surface area contributed by atoms with Gasteiger partial charge in [-0.25, -0.2) is 4.98 Å². The first-order valence-electron chi connectivity index (χ1n) is 7.72. The second-order valence-corrected chi connectivity index (χ2v) is 5.64. The molecule has 0 unspecified atom stereocenters. The molecule has 124 valence electrons. The molecule has 8 nitrogen and oxygen atoms in total. The van der Waals surface area contributed by atoms with E-state index in [1.165, 1.54) is 0 Å².